The predicted octanol–water partition coefficient (Wildman–Crippen LogP) is 3.81. The van der Waals surface area contributed by atoms with Gasteiger partial charge in [0.1, 0.15) is 23.1 Å². The van der Waals surface area contributed by atoms with Gasteiger partial charge in [0.2, 0.25) is 21.8 Å². The van der Waals surface area contributed by atoms with Crippen molar-refractivity contribution in [3.8, 4) is 17.3 Å². The zero-order chi connectivity index (χ0) is 36.2. The van der Waals surface area contributed by atoms with Gasteiger partial charge in [-0.15, -0.1) is 0 Å². The minimum atomic E-state index is -3.83. The van der Waals surface area contributed by atoms with E-state index >= 15 is 0 Å². The Labute approximate surface area is 298 Å². The van der Waals surface area contributed by atoms with Crippen LogP contribution in [0.4, 0.5) is 0 Å². The number of benzene rings is 1. The summed E-state index contributed by atoms with van der Waals surface area (Å²) in [6, 6.07) is 7.56. The lowest BCUT2D eigenvalue weighted by Crippen LogP contribution is -2.54. The van der Waals surface area contributed by atoms with Crippen molar-refractivity contribution < 1.29 is 32.3 Å². The van der Waals surface area contributed by atoms with E-state index in [1.54, 1.807) is 23.7 Å². The molecular formula is C37H46N6O7S. The molecule has 1 aliphatic heterocycles. The molecule has 3 aromatic rings. The van der Waals surface area contributed by atoms with Gasteiger partial charge in [-0.3, -0.25) is 19.1 Å². The maximum Gasteiger partial charge on any atom is 0.259 e. The Bertz CT molecular complexity index is 2040. The summed E-state index contributed by atoms with van der Waals surface area (Å²) in [4.78, 5) is 48.5. The van der Waals surface area contributed by atoms with Crippen LogP contribution in [0.25, 0.3) is 16.7 Å². The highest BCUT2D eigenvalue weighted by Gasteiger charge is 2.62. The number of carbonyl (C=O) groups is 3. The van der Waals surface area contributed by atoms with Gasteiger partial charge in [-0.25, -0.2) is 18.1 Å². The predicted molar refractivity (Wildman–Crippen MR) is 190 cm³/mol. The molecule has 2 aromatic heterocycles. The van der Waals surface area contributed by atoms with Gasteiger partial charge in [-0.2, -0.15) is 5.10 Å². The van der Waals surface area contributed by atoms with Crippen LogP contribution in [0.3, 0.4) is 0 Å². The number of hydrogen-bond donors (Lipinski definition) is 2. The summed E-state index contributed by atoms with van der Waals surface area (Å²) in [5, 5.41) is 7.77. The second-order valence-electron chi connectivity index (χ2n) is 14.7. The van der Waals surface area contributed by atoms with Crippen molar-refractivity contribution in [2.24, 2.45) is 17.8 Å². The summed E-state index contributed by atoms with van der Waals surface area (Å²) < 4.78 is 41.9. The quantitative estimate of drug-likeness (QED) is 0.346. The molecular weight excluding hydrogens is 673 g/mol. The Morgan fingerprint density at radius 1 is 1.06 bits per heavy atom. The minimum absolute atomic E-state index is 0.153. The Morgan fingerprint density at radius 3 is 2.53 bits per heavy atom. The van der Waals surface area contributed by atoms with E-state index in [1.165, 1.54) is 0 Å². The first kappa shape index (κ1) is 35.0. The summed E-state index contributed by atoms with van der Waals surface area (Å²) in [6.45, 7) is 6.36. The SMILES string of the molecule is COc1ccc2c(O[C@@H]3C[C@H]4C(=O)N[C@]5(C(=O)NS(=O)(=O)C6CC6)C[C@H]5C=CCCCCN(C)C(=O)[C@@H]4C3)cc(-n3nc(C)cc3C)nc2c1C. The van der Waals surface area contributed by atoms with Crippen molar-refractivity contribution in [2.75, 3.05) is 20.7 Å². The summed E-state index contributed by atoms with van der Waals surface area (Å²) in [7, 11) is -0.459. The molecule has 0 unspecified atom stereocenters. The summed E-state index contributed by atoms with van der Waals surface area (Å²) in [5.41, 5.74) is 1.86. The van der Waals surface area contributed by atoms with Gasteiger partial charge in [0.05, 0.1) is 35.4 Å². The Hall–Kier alpha value is -4.46. The van der Waals surface area contributed by atoms with Crippen LogP contribution in [-0.2, 0) is 24.4 Å². The molecule has 2 N–H and O–H groups in total. The van der Waals surface area contributed by atoms with E-state index < -0.39 is 50.6 Å². The number of methoxy groups -OCH3 is 1. The zero-order valence-corrected chi connectivity index (χ0v) is 30.6. The van der Waals surface area contributed by atoms with Crippen LogP contribution in [0, 0.1) is 38.5 Å². The maximum absolute atomic E-state index is 14.3. The highest BCUT2D eigenvalue weighted by Crippen LogP contribution is 2.47. The Balaban J connectivity index is 1.22. The van der Waals surface area contributed by atoms with E-state index in [2.05, 4.69) is 15.1 Å². The molecule has 3 amide bonds. The molecule has 0 saturated heterocycles. The van der Waals surface area contributed by atoms with Crippen LogP contribution in [-0.4, -0.2) is 83.4 Å². The molecule has 5 atom stereocenters. The van der Waals surface area contributed by atoms with Gasteiger partial charge >= 0.3 is 0 Å². The Kier molecular flexibility index (Phi) is 9.09. The van der Waals surface area contributed by atoms with Gasteiger partial charge in [0, 0.05) is 42.2 Å². The molecule has 0 bridgehead atoms. The van der Waals surface area contributed by atoms with Crippen LogP contribution in [0.2, 0.25) is 0 Å². The standard InChI is InChI=1S/C37H46N6O7S/c1-21-16-22(2)43(40-21)32-19-31(27-13-14-30(49-5)23(3)33(27)38-32)50-25-17-28-29(18-25)35(45)42(4)15-9-7-6-8-10-24-20-37(24,39-34(28)44)36(46)41-51(47,48)26-11-12-26/h8,10,13-14,16,19,24-26,28-29H,6-7,9,11-12,15,17-18,20H2,1-5H3,(H,39,44)(H,41,46)/t24-,25-,28-,29-,37-/m1/s1. The molecule has 51 heavy (non-hydrogen) atoms. The number of aromatic nitrogens is 3. The molecule has 1 aromatic carbocycles. The fourth-order valence-corrected chi connectivity index (χ4v) is 9.09. The number of carbonyl (C=O) groups excluding carboxylic acids is 3. The van der Waals surface area contributed by atoms with E-state index in [-0.39, 0.29) is 31.1 Å². The summed E-state index contributed by atoms with van der Waals surface area (Å²) >= 11 is 0. The molecule has 3 aliphatic carbocycles. The molecule has 0 spiro atoms. The molecule has 13 nitrogen and oxygen atoms in total. The van der Waals surface area contributed by atoms with E-state index in [1.807, 2.05) is 57.2 Å². The lowest BCUT2D eigenvalue weighted by Gasteiger charge is -2.26. The third-order valence-corrected chi connectivity index (χ3v) is 12.7. The van der Waals surface area contributed by atoms with Crippen LogP contribution in [0.1, 0.15) is 68.3 Å². The average Bonchev–Trinajstić information content (AvgIpc) is 3.99. The summed E-state index contributed by atoms with van der Waals surface area (Å²) in [5.74, 6) is -1.39. The number of sulfonamides is 1. The zero-order valence-electron chi connectivity index (χ0n) is 29.8. The lowest BCUT2D eigenvalue weighted by atomic mass is 9.93. The number of fused-ring (bicyclic) bond motifs is 3. The second kappa shape index (κ2) is 13.3. The average molecular weight is 719 g/mol. The molecule has 3 fully saturated rings. The molecule has 14 heteroatoms. The van der Waals surface area contributed by atoms with Crippen molar-refractivity contribution in [1.82, 2.24) is 29.7 Å². The first-order valence-electron chi connectivity index (χ1n) is 17.8. The van der Waals surface area contributed by atoms with Gasteiger partial charge in [0.15, 0.2) is 5.82 Å². The van der Waals surface area contributed by atoms with Gasteiger partial charge in [0.25, 0.3) is 5.91 Å². The van der Waals surface area contributed by atoms with E-state index in [0.29, 0.717) is 42.2 Å². The first-order chi connectivity index (χ1) is 24.3. The van der Waals surface area contributed by atoms with Crippen molar-refractivity contribution in [1.29, 1.82) is 0 Å². The van der Waals surface area contributed by atoms with Gasteiger partial charge in [-0.1, -0.05) is 12.2 Å². The van der Waals surface area contributed by atoms with Gasteiger partial charge < -0.3 is 19.7 Å². The minimum Gasteiger partial charge on any atom is -0.496 e. The molecule has 0 radical (unpaired) electrons. The number of pyridine rings is 1. The van der Waals surface area contributed by atoms with E-state index in [4.69, 9.17) is 14.5 Å². The largest absolute Gasteiger partial charge is 0.496 e. The number of hydrogen-bond acceptors (Lipinski definition) is 9. The summed E-state index contributed by atoms with van der Waals surface area (Å²) in [6.07, 6.45) is 7.56. The number of nitrogens with zero attached hydrogens (tertiary/aromatic N) is 4. The first-order valence-corrected chi connectivity index (χ1v) is 19.3. The molecule has 4 aliphatic rings. The normalized spacial score (nSPS) is 27.0. The van der Waals surface area contributed by atoms with Crippen molar-refractivity contribution in [2.45, 2.75) is 89.0 Å². The smallest absolute Gasteiger partial charge is 0.259 e. The van der Waals surface area contributed by atoms with Crippen molar-refractivity contribution in [3.05, 3.63) is 53.4 Å². The number of ether oxygens (including phenoxy) is 2. The third-order valence-electron chi connectivity index (χ3n) is 10.9. The van der Waals surface area contributed by atoms with Crippen LogP contribution < -0.4 is 19.5 Å². The molecule has 3 heterocycles. The van der Waals surface area contributed by atoms with E-state index in [9.17, 15) is 22.8 Å². The molecule has 7 rings (SSSR count). The van der Waals surface area contributed by atoms with E-state index in [0.717, 1.165) is 41.6 Å². The monoisotopic (exact) mass is 718 g/mol. The Morgan fingerprint density at radius 2 is 1.82 bits per heavy atom. The fourth-order valence-electron chi connectivity index (χ4n) is 7.73. The molecule has 3 saturated carbocycles. The second-order valence-corrected chi connectivity index (χ2v) is 16.6. The number of allylic oxidation sites excluding steroid dienone is 1. The van der Waals surface area contributed by atoms with Gasteiger partial charge in [-0.05, 0) is 90.3 Å². The van der Waals surface area contributed by atoms with Crippen molar-refractivity contribution >= 4 is 38.6 Å². The number of rotatable bonds is 7. The lowest BCUT2D eigenvalue weighted by molar-refractivity contribution is -0.140. The number of amides is 3. The van der Waals surface area contributed by atoms with Crippen LogP contribution in [0.15, 0.2) is 36.4 Å². The third kappa shape index (κ3) is 6.70. The number of aryl methyl sites for hydroxylation is 3. The fraction of sp³-hybridized carbons (Fsp3) is 0.541. The molecule has 272 valence electrons. The van der Waals surface area contributed by atoms with Crippen LogP contribution >= 0.6 is 0 Å². The maximum atomic E-state index is 14.3. The highest BCUT2D eigenvalue weighted by molar-refractivity contribution is 7.91. The van der Waals surface area contributed by atoms with Crippen LogP contribution in [0.5, 0.6) is 11.5 Å². The topological polar surface area (TPSA) is 162 Å². The highest BCUT2D eigenvalue weighted by atomic mass is 32.2. The van der Waals surface area contributed by atoms with Crippen molar-refractivity contribution in [3.63, 3.8) is 0 Å². The number of nitrogens with one attached hydrogen (secondary N) is 2.